The highest BCUT2D eigenvalue weighted by molar-refractivity contribution is 7.47. The molecule has 1 unspecified atom stereocenters. The lowest BCUT2D eigenvalue weighted by Crippen LogP contribution is -2.29. The molecule has 4 N–H and O–H groups in total. The lowest BCUT2D eigenvalue weighted by Gasteiger charge is -2.20. The topological polar surface area (TPSA) is 169 Å². The van der Waals surface area contributed by atoms with Crippen LogP contribution in [0.4, 0.5) is 0 Å². The van der Waals surface area contributed by atoms with Crippen molar-refractivity contribution in [3.8, 4) is 0 Å². The van der Waals surface area contributed by atoms with Gasteiger partial charge >= 0.3 is 19.8 Å². The van der Waals surface area contributed by atoms with E-state index in [4.69, 9.17) is 19.1 Å². The molecule has 11 nitrogen and oxygen atoms in total. The van der Waals surface area contributed by atoms with Gasteiger partial charge in [0.25, 0.3) is 0 Å². The number of esters is 2. The van der Waals surface area contributed by atoms with E-state index in [1.807, 2.05) is 24.3 Å². The normalized spacial score (nSPS) is 15.0. The van der Waals surface area contributed by atoms with Crippen molar-refractivity contribution in [3.63, 3.8) is 0 Å². The molecular weight excluding hydrogens is 735 g/mol. The third-order valence-electron chi connectivity index (χ3n) is 8.72. The number of carbonyl (C=O) groups excluding carboxylic acids is 2. The van der Waals surface area contributed by atoms with E-state index >= 15 is 0 Å². The van der Waals surface area contributed by atoms with Gasteiger partial charge in [-0.05, 0) is 70.6 Å². The highest BCUT2D eigenvalue weighted by Gasteiger charge is 2.27. The van der Waals surface area contributed by atoms with Crippen molar-refractivity contribution in [2.24, 2.45) is 0 Å². The van der Waals surface area contributed by atoms with Gasteiger partial charge in [0.05, 0.1) is 25.9 Å². The van der Waals surface area contributed by atoms with Gasteiger partial charge in [0.2, 0.25) is 0 Å². The van der Waals surface area contributed by atoms with Crippen LogP contribution >= 0.6 is 7.82 Å². The van der Waals surface area contributed by atoms with Crippen LogP contribution in [0.1, 0.15) is 162 Å². The maximum atomic E-state index is 12.6. The first-order valence-electron chi connectivity index (χ1n) is 21.3. The first-order valence-corrected chi connectivity index (χ1v) is 22.8. The van der Waals surface area contributed by atoms with E-state index in [0.29, 0.717) is 19.3 Å². The number of aliphatic hydroxyl groups excluding tert-OH is 3. The third-order valence-corrected chi connectivity index (χ3v) is 9.67. The maximum absolute atomic E-state index is 12.6. The van der Waals surface area contributed by atoms with E-state index in [9.17, 15) is 29.3 Å². The summed E-state index contributed by atoms with van der Waals surface area (Å²) in [6.07, 6.45) is 39.5. The van der Waals surface area contributed by atoms with Crippen LogP contribution in [0.5, 0.6) is 0 Å². The monoisotopic (exact) mass is 813 g/mol. The Morgan fingerprint density at radius 2 is 1.09 bits per heavy atom. The molecule has 0 rings (SSSR count). The zero-order valence-corrected chi connectivity index (χ0v) is 35.6. The average molecular weight is 813 g/mol. The summed E-state index contributed by atoms with van der Waals surface area (Å²) in [5.41, 5.74) is 0. The number of aliphatic hydroxyl groups is 3. The van der Waals surface area contributed by atoms with E-state index < -0.39 is 51.8 Å². The molecular formula is C44H77O11P. The molecule has 0 saturated heterocycles. The molecule has 0 saturated carbocycles. The number of hydrogen-bond donors (Lipinski definition) is 4. The number of carbonyl (C=O) groups is 2. The van der Waals surface area contributed by atoms with Gasteiger partial charge in [-0.15, -0.1) is 0 Å². The highest BCUT2D eigenvalue weighted by atomic mass is 31.2. The van der Waals surface area contributed by atoms with Crippen LogP contribution in [0.3, 0.4) is 0 Å². The molecule has 0 bridgehead atoms. The van der Waals surface area contributed by atoms with Gasteiger partial charge in [-0.25, -0.2) is 4.57 Å². The Balaban J connectivity index is 4.45. The minimum atomic E-state index is -4.64. The molecule has 0 aliphatic rings. The van der Waals surface area contributed by atoms with Gasteiger partial charge in [-0.1, -0.05) is 139 Å². The molecule has 0 aliphatic heterocycles. The van der Waals surface area contributed by atoms with Gasteiger partial charge in [0.1, 0.15) is 12.7 Å². The Kier molecular flexibility index (Phi) is 37.8. The van der Waals surface area contributed by atoms with Crippen molar-refractivity contribution in [1.82, 2.24) is 0 Å². The van der Waals surface area contributed by atoms with E-state index in [2.05, 4.69) is 54.8 Å². The smallest absolute Gasteiger partial charge is 0.462 e. The standard InChI is InChI=1S/C44H77O11P/c1-3-5-7-8-9-10-11-12-13-14-18-21-24-27-30-34-43(48)52-38-42(39-54-56(50,51)53-37-41(47)36-45)55-44(49)35-31-28-25-22-19-16-15-17-20-23-26-29-33-40(46)32-6-4-2/h10-11,15-16,20,22-23,25,29,33,40-42,45-47H,3-9,12-14,17-19,21,24,26-28,30-32,34-39H2,1-2H3,(H,50,51)/b11-10-,16-15-,23-20-,25-22-,33-29-/t40-,41+,42-/m1/s1. The molecule has 0 fully saturated rings. The maximum Gasteiger partial charge on any atom is 0.472 e. The zero-order valence-electron chi connectivity index (χ0n) is 34.7. The van der Waals surface area contributed by atoms with Crippen LogP contribution in [-0.2, 0) is 32.7 Å². The van der Waals surface area contributed by atoms with Crippen LogP contribution in [-0.4, -0.2) is 76.9 Å². The summed E-state index contributed by atoms with van der Waals surface area (Å²) in [6, 6.07) is 0. The Morgan fingerprint density at radius 3 is 1.71 bits per heavy atom. The number of hydrogen-bond acceptors (Lipinski definition) is 10. The molecule has 56 heavy (non-hydrogen) atoms. The van der Waals surface area contributed by atoms with Crippen molar-refractivity contribution in [1.29, 1.82) is 0 Å². The fourth-order valence-corrected chi connectivity index (χ4v) is 6.14. The second kappa shape index (κ2) is 39.5. The molecule has 324 valence electrons. The molecule has 0 aromatic heterocycles. The summed E-state index contributed by atoms with van der Waals surface area (Å²) in [4.78, 5) is 34.9. The summed E-state index contributed by atoms with van der Waals surface area (Å²) >= 11 is 0. The molecule has 0 heterocycles. The molecule has 12 heteroatoms. The number of unbranched alkanes of at least 4 members (excludes halogenated alkanes) is 13. The third kappa shape index (κ3) is 38.5. The number of phosphoric ester groups is 1. The van der Waals surface area contributed by atoms with Crippen LogP contribution in [0.25, 0.3) is 0 Å². The van der Waals surface area contributed by atoms with Crippen molar-refractivity contribution in [2.75, 3.05) is 26.4 Å². The quantitative estimate of drug-likeness (QED) is 0.0202. The van der Waals surface area contributed by atoms with Crippen molar-refractivity contribution in [3.05, 3.63) is 60.8 Å². The van der Waals surface area contributed by atoms with E-state index in [0.717, 1.165) is 64.2 Å². The Hall–Kier alpha value is -2.37. The van der Waals surface area contributed by atoms with Gasteiger partial charge < -0.3 is 29.7 Å². The van der Waals surface area contributed by atoms with E-state index in [-0.39, 0.29) is 25.6 Å². The van der Waals surface area contributed by atoms with Crippen molar-refractivity contribution >= 4 is 19.8 Å². The summed E-state index contributed by atoms with van der Waals surface area (Å²) in [7, 11) is -4.64. The highest BCUT2D eigenvalue weighted by Crippen LogP contribution is 2.43. The van der Waals surface area contributed by atoms with Gasteiger partial charge in [0.15, 0.2) is 6.10 Å². The Labute approximate surface area is 338 Å². The van der Waals surface area contributed by atoms with Gasteiger partial charge in [-0.3, -0.25) is 18.6 Å². The second-order valence-corrected chi connectivity index (χ2v) is 15.6. The van der Waals surface area contributed by atoms with Crippen LogP contribution in [0, 0.1) is 0 Å². The van der Waals surface area contributed by atoms with Crippen LogP contribution < -0.4 is 0 Å². The fraction of sp³-hybridized carbons (Fsp3) is 0.727. The fourth-order valence-electron chi connectivity index (χ4n) is 5.35. The Bertz CT molecular complexity index is 1130. The lowest BCUT2D eigenvalue weighted by atomic mass is 10.1. The number of allylic oxidation sites excluding steroid dienone is 9. The van der Waals surface area contributed by atoms with Crippen LogP contribution in [0.2, 0.25) is 0 Å². The first kappa shape index (κ1) is 53.6. The molecule has 0 aromatic carbocycles. The minimum absolute atomic E-state index is 0.0886. The molecule has 4 atom stereocenters. The largest absolute Gasteiger partial charge is 0.472 e. The van der Waals surface area contributed by atoms with Crippen molar-refractivity contribution < 1.29 is 52.9 Å². The molecule has 0 amide bonds. The molecule has 0 aliphatic carbocycles. The zero-order chi connectivity index (χ0) is 41.4. The number of rotatable bonds is 39. The number of ether oxygens (including phenoxy) is 2. The first-order chi connectivity index (χ1) is 27.1. The van der Waals surface area contributed by atoms with Crippen molar-refractivity contribution in [2.45, 2.75) is 180 Å². The van der Waals surface area contributed by atoms with Gasteiger partial charge in [0, 0.05) is 12.8 Å². The summed E-state index contributed by atoms with van der Waals surface area (Å²) in [5.74, 6) is -1.02. The van der Waals surface area contributed by atoms with Crippen LogP contribution in [0.15, 0.2) is 60.8 Å². The SMILES string of the molecule is CCCCCC/C=C\CCCCCCCCCC(=O)OC[C@H](COP(=O)(O)OC[C@@H](O)CO)OC(=O)CCC/C=C\C/C=C\C/C=C\C/C=C\[C@H](O)CCCC. The lowest BCUT2D eigenvalue weighted by molar-refractivity contribution is -0.161. The van der Waals surface area contributed by atoms with Gasteiger partial charge in [-0.2, -0.15) is 0 Å². The summed E-state index contributed by atoms with van der Waals surface area (Å²) in [5, 5.41) is 28.1. The average Bonchev–Trinajstić information content (AvgIpc) is 3.18. The molecule has 0 aromatic rings. The summed E-state index contributed by atoms with van der Waals surface area (Å²) < 4.78 is 32.6. The predicted octanol–water partition coefficient (Wildman–Crippen LogP) is 10.1. The molecule has 0 radical (unpaired) electrons. The minimum Gasteiger partial charge on any atom is -0.462 e. The van der Waals surface area contributed by atoms with E-state index in [1.54, 1.807) is 0 Å². The second-order valence-electron chi connectivity index (χ2n) is 14.2. The number of phosphoric acid groups is 1. The predicted molar refractivity (Wildman–Crippen MR) is 225 cm³/mol. The van der Waals surface area contributed by atoms with E-state index in [1.165, 1.54) is 51.4 Å². The Morgan fingerprint density at radius 1 is 0.589 bits per heavy atom. The summed E-state index contributed by atoms with van der Waals surface area (Å²) in [6.45, 7) is 2.12. The molecule has 0 spiro atoms.